The van der Waals surface area contributed by atoms with E-state index in [2.05, 4.69) is 16.0 Å². The molecule has 6 heteroatoms. The minimum absolute atomic E-state index is 0.0207. The third-order valence-electron chi connectivity index (χ3n) is 5.01. The molecule has 0 spiro atoms. The first kappa shape index (κ1) is 20.4. The van der Waals surface area contributed by atoms with Gasteiger partial charge in [0.2, 0.25) is 0 Å². The number of hydrogen-bond acceptors (Lipinski definition) is 5. The Morgan fingerprint density at radius 2 is 1.89 bits per heavy atom. The Morgan fingerprint density at radius 1 is 1.14 bits per heavy atom. The zero-order chi connectivity index (χ0) is 20.3. The molecule has 0 saturated heterocycles. The van der Waals surface area contributed by atoms with Crippen molar-refractivity contribution in [2.75, 3.05) is 20.2 Å². The van der Waals surface area contributed by atoms with Crippen LogP contribution in [0.15, 0.2) is 23.0 Å². The minimum Gasteiger partial charge on any atom is -0.493 e. The van der Waals surface area contributed by atoms with Crippen molar-refractivity contribution in [1.82, 2.24) is 14.9 Å². The van der Waals surface area contributed by atoms with E-state index in [1.165, 1.54) is 5.56 Å². The van der Waals surface area contributed by atoms with Crippen LogP contribution in [0.2, 0.25) is 0 Å². The first-order valence-corrected chi connectivity index (χ1v) is 10.0. The van der Waals surface area contributed by atoms with Crippen molar-refractivity contribution in [2.45, 2.75) is 59.1 Å². The molecule has 0 atom stereocenters. The number of aromatic amines is 1. The van der Waals surface area contributed by atoms with Crippen molar-refractivity contribution in [3.05, 3.63) is 51.2 Å². The van der Waals surface area contributed by atoms with Crippen LogP contribution in [0.4, 0.5) is 0 Å². The van der Waals surface area contributed by atoms with Crippen LogP contribution in [-0.2, 0) is 19.4 Å². The highest BCUT2D eigenvalue weighted by Crippen LogP contribution is 2.29. The van der Waals surface area contributed by atoms with E-state index >= 15 is 0 Å². The van der Waals surface area contributed by atoms with Gasteiger partial charge in [0.25, 0.3) is 5.56 Å². The first-order chi connectivity index (χ1) is 13.4. The second-order valence-electron chi connectivity index (χ2n) is 7.96. The second-order valence-corrected chi connectivity index (χ2v) is 7.96. The lowest BCUT2D eigenvalue weighted by Crippen LogP contribution is -2.26. The molecule has 152 valence electrons. The lowest BCUT2D eigenvalue weighted by Gasteiger charge is -2.21. The average Bonchev–Trinajstić information content (AvgIpc) is 2.85. The maximum atomic E-state index is 12.5. The molecular formula is C22H31N3O3. The SMILES string of the molecule is COc1cc(CN2CCc3nc(C(C)C)[nH]c(=O)c3CC2)ccc1OC(C)C. The third-order valence-corrected chi connectivity index (χ3v) is 5.01. The van der Waals surface area contributed by atoms with Crippen molar-refractivity contribution in [1.29, 1.82) is 0 Å². The van der Waals surface area contributed by atoms with Crippen LogP contribution in [0, 0.1) is 0 Å². The summed E-state index contributed by atoms with van der Waals surface area (Å²) in [6, 6.07) is 6.10. The molecule has 1 aliphatic heterocycles. The molecule has 3 rings (SSSR count). The Bertz CT molecular complexity index is 874. The number of benzene rings is 1. The van der Waals surface area contributed by atoms with E-state index in [0.29, 0.717) is 0 Å². The van der Waals surface area contributed by atoms with Crippen molar-refractivity contribution >= 4 is 0 Å². The highest BCUT2D eigenvalue weighted by molar-refractivity contribution is 5.43. The molecule has 0 aliphatic carbocycles. The quantitative estimate of drug-likeness (QED) is 0.826. The summed E-state index contributed by atoms with van der Waals surface area (Å²) in [5.41, 5.74) is 2.98. The summed E-state index contributed by atoms with van der Waals surface area (Å²) in [6.45, 7) is 10.6. The Kier molecular flexibility index (Phi) is 6.39. The van der Waals surface area contributed by atoms with Gasteiger partial charge in [0.15, 0.2) is 11.5 Å². The minimum atomic E-state index is 0.0207. The Morgan fingerprint density at radius 3 is 2.57 bits per heavy atom. The second kappa shape index (κ2) is 8.78. The summed E-state index contributed by atoms with van der Waals surface area (Å²) in [5.74, 6) is 2.52. The van der Waals surface area contributed by atoms with Gasteiger partial charge >= 0.3 is 0 Å². The van der Waals surface area contributed by atoms with E-state index in [0.717, 1.165) is 61.1 Å². The van der Waals surface area contributed by atoms with Gasteiger partial charge in [0, 0.05) is 37.5 Å². The topological polar surface area (TPSA) is 67.5 Å². The van der Waals surface area contributed by atoms with Gasteiger partial charge in [0.05, 0.1) is 18.9 Å². The van der Waals surface area contributed by atoms with E-state index < -0.39 is 0 Å². The van der Waals surface area contributed by atoms with E-state index in [-0.39, 0.29) is 17.6 Å². The van der Waals surface area contributed by atoms with E-state index in [9.17, 15) is 4.79 Å². The van der Waals surface area contributed by atoms with Crippen LogP contribution in [0.3, 0.4) is 0 Å². The molecule has 1 aromatic carbocycles. The number of ether oxygens (including phenoxy) is 2. The van der Waals surface area contributed by atoms with Crippen LogP contribution >= 0.6 is 0 Å². The summed E-state index contributed by atoms with van der Waals surface area (Å²) in [4.78, 5) is 22.5. The molecule has 0 bridgehead atoms. The molecule has 28 heavy (non-hydrogen) atoms. The van der Waals surface area contributed by atoms with Crippen molar-refractivity contribution < 1.29 is 9.47 Å². The maximum absolute atomic E-state index is 12.5. The number of H-pyrrole nitrogens is 1. The van der Waals surface area contributed by atoms with Crippen LogP contribution in [0.1, 0.15) is 56.3 Å². The van der Waals surface area contributed by atoms with Gasteiger partial charge in [-0.2, -0.15) is 0 Å². The maximum Gasteiger partial charge on any atom is 0.254 e. The number of aromatic nitrogens is 2. The molecule has 2 aromatic rings. The molecule has 6 nitrogen and oxygen atoms in total. The van der Waals surface area contributed by atoms with Crippen molar-refractivity contribution in [2.24, 2.45) is 0 Å². The van der Waals surface area contributed by atoms with Crippen LogP contribution < -0.4 is 15.0 Å². The molecule has 1 aromatic heterocycles. The van der Waals surface area contributed by atoms with Gasteiger partial charge in [-0.05, 0) is 38.0 Å². The normalized spacial score (nSPS) is 14.8. The predicted octanol–water partition coefficient (Wildman–Crippen LogP) is 3.29. The molecule has 0 unspecified atom stereocenters. The van der Waals surface area contributed by atoms with Crippen molar-refractivity contribution in [3.8, 4) is 11.5 Å². The van der Waals surface area contributed by atoms with Crippen LogP contribution in [-0.4, -0.2) is 41.2 Å². The molecule has 0 amide bonds. The lowest BCUT2D eigenvalue weighted by molar-refractivity contribution is 0.229. The highest BCUT2D eigenvalue weighted by Gasteiger charge is 2.20. The van der Waals surface area contributed by atoms with Gasteiger partial charge < -0.3 is 14.5 Å². The monoisotopic (exact) mass is 385 g/mol. The Labute approximate surface area is 166 Å². The molecule has 1 N–H and O–H groups in total. The van der Waals surface area contributed by atoms with Gasteiger partial charge in [0.1, 0.15) is 5.82 Å². The number of fused-ring (bicyclic) bond motifs is 1. The molecule has 0 radical (unpaired) electrons. The zero-order valence-electron chi connectivity index (χ0n) is 17.5. The summed E-state index contributed by atoms with van der Waals surface area (Å²) in [7, 11) is 1.67. The number of nitrogens with one attached hydrogen (secondary N) is 1. The number of hydrogen-bond donors (Lipinski definition) is 1. The predicted molar refractivity (Wildman–Crippen MR) is 110 cm³/mol. The van der Waals surface area contributed by atoms with E-state index in [1.807, 2.05) is 39.8 Å². The van der Waals surface area contributed by atoms with Crippen LogP contribution in [0.25, 0.3) is 0 Å². The molecular weight excluding hydrogens is 354 g/mol. The summed E-state index contributed by atoms with van der Waals surface area (Å²) in [6.07, 6.45) is 1.62. The average molecular weight is 386 g/mol. The molecule has 2 heterocycles. The largest absolute Gasteiger partial charge is 0.493 e. The van der Waals surface area contributed by atoms with Crippen LogP contribution in [0.5, 0.6) is 11.5 Å². The fourth-order valence-electron chi connectivity index (χ4n) is 3.53. The van der Waals surface area contributed by atoms with Gasteiger partial charge in [-0.1, -0.05) is 19.9 Å². The number of nitrogens with zero attached hydrogens (tertiary/aromatic N) is 2. The van der Waals surface area contributed by atoms with Gasteiger partial charge in [-0.25, -0.2) is 4.98 Å². The lowest BCUT2D eigenvalue weighted by atomic mass is 10.1. The van der Waals surface area contributed by atoms with E-state index in [4.69, 9.17) is 14.5 Å². The summed E-state index contributed by atoms with van der Waals surface area (Å²) in [5, 5.41) is 0. The Balaban J connectivity index is 1.73. The van der Waals surface area contributed by atoms with Gasteiger partial charge in [-0.3, -0.25) is 9.69 Å². The number of rotatable bonds is 6. The fourth-order valence-corrected chi connectivity index (χ4v) is 3.53. The van der Waals surface area contributed by atoms with E-state index in [1.54, 1.807) is 7.11 Å². The summed E-state index contributed by atoms with van der Waals surface area (Å²) >= 11 is 0. The first-order valence-electron chi connectivity index (χ1n) is 10.0. The number of methoxy groups -OCH3 is 1. The van der Waals surface area contributed by atoms with Crippen molar-refractivity contribution in [3.63, 3.8) is 0 Å². The fraction of sp³-hybridized carbons (Fsp3) is 0.545. The standard InChI is InChI=1S/C22H31N3O3/c1-14(2)21-23-18-9-11-25(10-8-17(18)22(26)24-21)13-16-6-7-19(28-15(3)4)20(12-16)27-5/h6-7,12,14-15H,8-11,13H2,1-5H3,(H,23,24,26). The molecule has 0 fully saturated rings. The molecule has 1 aliphatic rings. The third kappa shape index (κ3) is 4.73. The Hall–Kier alpha value is -2.34. The molecule has 0 saturated carbocycles. The summed E-state index contributed by atoms with van der Waals surface area (Å²) < 4.78 is 11.3. The smallest absolute Gasteiger partial charge is 0.254 e. The highest BCUT2D eigenvalue weighted by atomic mass is 16.5. The zero-order valence-corrected chi connectivity index (χ0v) is 17.5. The van der Waals surface area contributed by atoms with Gasteiger partial charge in [-0.15, -0.1) is 0 Å².